The molecule has 0 saturated heterocycles. The number of rotatable bonds is 11. The van der Waals surface area contributed by atoms with Gasteiger partial charge in [0.25, 0.3) is 0 Å². The van der Waals surface area contributed by atoms with Crippen LogP contribution < -0.4 is 0 Å². The quantitative estimate of drug-likeness (QED) is 0.350. The number of aromatic nitrogens is 1. The van der Waals surface area contributed by atoms with E-state index in [1.165, 1.54) is 55.4 Å². The van der Waals surface area contributed by atoms with E-state index >= 15 is 0 Å². The fourth-order valence-corrected chi connectivity index (χ4v) is 3.47. The van der Waals surface area contributed by atoms with Gasteiger partial charge in [-0.25, -0.2) is 4.98 Å². The highest BCUT2D eigenvalue weighted by molar-refractivity contribution is 7.11. The van der Waals surface area contributed by atoms with E-state index in [1.807, 2.05) is 24.5 Å². The second-order valence-corrected chi connectivity index (χ2v) is 7.34. The van der Waals surface area contributed by atoms with Gasteiger partial charge in [0.2, 0.25) is 5.78 Å². The Morgan fingerprint density at radius 2 is 1.96 bits per heavy atom. The molecule has 0 bridgehead atoms. The van der Waals surface area contributed by atoms with Crippen molar-refractivity contribution < 1.29 is 9.53 Å². The number of aryl methyl sites for hydroxylation is 1. The van der Waals surface area contributed by atoms with E-state index in [1.54, 1.807) is 0 Å². The lowest BCUT2D eigenvalue weighted by atomic mass is 10.0. The maximum absolute atomic E-state index is 12.1. The Bertz CT molecular complexity index is 640. The van der Waals surface area contributed by atoms with Crippen LogP contribution in [-0.4, -0.2) is 17.4 Å². The number of carbonyl (C=O) groups excluding carboxylic acids is 1. The van der Waals surface area contributed by atoms with Gasteiger partial charge in [0.05, 0.1) is 0 Å². The third-order valence-corrected chi connectivity index (χ3v) is 5.21. The van der Waals surface area contributed by atoms with Crippen LogP contribution in [0.4, 0.5) is 0 Å². The first-order valence-electron chi connectivity index (χ1n) is 9.34. The smallest absolute Gasteiger partial charge is 0.228 e. The van der Waals surface area contributed by atoms with Crippen LogP contribution in [0.15, 0.2) is 41.0 Å². The van der Waals surface area contributed by atoms with E-state index in [9.17, 15) is 4.79 Å². The number of hydrogen-bond acceptors (Lipinski definition) is 4. The zero-order valence-corrected chi connectivity index (χ0v) is 16.2. The van der Waals surface area contributed by atoms with Crippen LogP contribution in [0.25, 0.3) is 0 Å². The van der Waals surface area contributed by atoms with Crippen molar-refractivity contribution in [3.05, 3.63) is 51.7 Å². The fourth-order valence-electron chi connectivity index (χ4n) is 2.75. The number of unbranched alkanes of at least 4 members (excludes halogenated alkanes) is 5. The molecule has 0 N–H and O–H groups in total. The summed E-state index contributed by atoms with van der Waals surface area (Å²) in [5.41, 5.74) is 2.25. The van der Waals surface area contributed by atoms with Crippen LogP contribution in [0.5, 0.6) is 0 Å². The molecule has 1 aliphatic carbocycles. The van der Waals surface area contributed by atoms with E-state index in [-0.39, 0.29) is 12.4 Å². The average Bonchev–Trinajstić information content (AvgIpc) is 2.92. The molecule has 1 aromatic heterocycles. The fraction of sp³-hybridized carbons (Fsp3) is 0.524. The van der Waals surface area contributed by atoms with Gasteiger partial charge in [0.1, 0.15) is 5.76 Å². The maximum Gasteiger partial charge on any atom is 0.228 e. The summed E-state index contributed by atoms with van der Waals surface area (Å²) in [6.45, 7) is 4.19. The molecule has 136 valence electrons. The van der Waals surface area contributed by atoms with Crippen molar-refractivity contribution in [3.63, 3.8) is 0 Å². The average molecular weight is 360 g/mol. The third kappa shape index (κ3) is 7.39. The number of ether oxygens (including phenoxy) is 1. The minimum Gasteiger partial charge on any atom is -0.486 e. The molecule has 1 aromatic rings. The predicted octanol–water partition coefficient (Wildman–Crippen LogP) is 6.17. The number of nitrogens with zero attached hydrogens (tertiary/aromatic N) is 1. The van der Waals surface area contributed by atoms with Gasteiger partial charge < -0.3 is 4.74 Å². The van der Waals surface area contributed by atoms with E-state index in [4.69, 9.17) is 4.74 Å². The Kier molecular flexibility index (Phi) is 8.67. The number of allylic oxidation sites excluding steroid dienone is 5. The highest BCUT2D eigenvalue weighted by Gasteiger charge is 2.11. The van der Waals surface area contributed by atoms with Crippen molar-refractivity contribution in [2.45, 2.75) is 65.2 Å². The topological polar surface area (TPSA) is 39.2 Å². The minimum atomic E-state index is -0.0584. The molecule has 0 aromatic carbocycles. The molecule has 0 spiro atoms. The molecule has 0 radical (unpaired) electrons. The van der Waals surface area contributed by atoms with Crippen molar-refractivity contribution >= 4 is 17.1 Å². The second-order valence-electron chi connectivity index (χ2n) is 6.48. The number of Topliss-reactive ketones (excluding diaryl/α,β-unsaturated/α-hetero) is 1. The van der Waals surface area contributed by atoms with Crippen molar-refractivity contribution in [2.75, 3.05) is 6.61 Å². The molecule has 2 rings (SSSR count). The Balaban J connectivity index is 1.69. The Labute approximate surface area is 155 Å². The molecule has 1 heterocycles. The molecule has 0 saturated carbocycles. The number of hydrogen-bond donors (Lipinski definition) is 0. The number of carbonyl (C=O) groups is 1. The Morgan fingerprint density at radius 3 is 2.72 bits per heavy atom. The molecule has 1 aliphatic rings. The van der Waals surface area contributed by atoms with Crippen LogP contribution in [0.1, 0.15) is 73.8 Å². The van der Waals surface area contributed by atoms with E-state index in [0.29, 0.717) is 5.01 Å². The van der Waals surface area contributed by atoms with Crippen molar-refractivity contribution in [3.8, 4) is 0 Å². The number of thiazole rings is 1. The van der Waals surface area contributed by atoms with Gasteiger partial charge in [0.15, 0.2) is 11.6 Å². The molecule has 25 heavy (non-hydrogen) atoms. The summed E-state index contributed by atoms with van der Waals surface area (Å²) in [6.07, 6.45) is 18.3. The van der Waals surface area contributed by atoms with Crippen molar-refractivity contribution in [1.29, 1.82) is 0 Å². The van der Waals surface area contributed by atoms with Gasteiger partial charge >= 0.3 is 0 Å². The second kappa shape index (κ2) is 11.0. The van der Waals surface area contributed by atoms with Gasteiger partial charge in [-0.15, -0.1) is 11.3 Å². The molecular formula is C21H29NO2S. The summed E-state index contributed by atoms with van der Waals surface area (Å²) in [4.78, 5) is 16.3. The normalized spacial score (nSPS) is 14.0. The van der Waals surface area contributed by atoms with Gasteiger partial charge in [-0.2, -0.15) is 0 Å². The monoisotopic (exact) mass is 359 g/mol. The maximum atomic E-state index is 12.1. The molecule has 0 atom stereocenters. The van der Waals surface area contributed by atoms with Gasteiger partial charge in [0, 0.05) is 11.1 Å². The lowest BCUT2D eigenvalue weighted by molar-refractivity contribution is 0.0870. The highest BCUT2D eigenvalue weighted by Crippen LogP contribution is 2.18. The predicted molar refractivity (Wildman–Crippen MR) is 105 cm³/mol. The van der Waals surface area contributed by atoms with Gasteiger partial charge in [-0.05, 0) is 38.3 Å². The van der Waals surface area contributed by atoms with Crippen LogP contribution in [0.2, 0.25) is 0 Å². The van der Waals surface area contributed by atoms with Crippen molar-refractivity contribution in [2.24, 2.45) is 0 Å². The molecular weight excluding hydrogens is 330 g/mol. The van der Waals surface area contributed by atoms with Crippen molar-refractivity contribution in [1.82, 2.24) is 4.98 Å². The summed E-state index contributed by atoms with van der Waals surface area (Å²) in [5, 5.41) is 2.41. The summed E-state index contributed by atoms with van der Waals surface area (Å²) in [7, 11) is 0. The number of ketones is 1. The Hall–Kier alpha value is -1.68. The first kappa shape index (κ1) is 19.6. The molecule has 0 amide bonds. The zero-order chi connectivity index (χ0) is 17.9. The minimum absolute atomic E-state index is 0.0515. The SMILES string of the molecule is CCCCCCCCC1=CCC=C(OCC(=O)c2nc(C)cs2)C=C1. The zero-order valence-electron chi connectivity index (χ0n) is 15.4. The first-order chi connectivity index (χ1) is 12.2. The summed E-state index contributed by atoms with van der Waals surface area (Å²) >= 11 is 1.38. The molecule has 4 heteroatoms. The van der Waals surface area contributed by atoms with E-state index in [2.05, 4.69) is 24.1 Å². The standard InChI is InChI=1S/C21H29NO2S/c1-3-4-5-6-7-8-10-18-11-9-12-19(14-13-18)24-15-20(23)21-22-17(2)16-25-21/h11-14,16H,3-10,15H2,1-2H3. The van der Waals surface area contributed by atoms with Crippen LogP contribution >= 0.6 is 11.3 Å². The Morgan fingerprint density at radius 1 is 1.16 bits per heavy atom. The molecule has 3 nitrogen and oxygen atoms in total. The summed E-state index contributed by atoms with van der Waals surface area (Å²) in [5.74, 6) is 0.715. The third-order valence-electron chi connectivity index (χ3n) is 4.21. The van der Waals surface area contributed by atoms with Crippen LogP contribution in [-0.2, 0) is 4.74 Å². The lowest BCUT2D eigenvalue weighted by Gasteiger charge is -2.04. The summed E-state index contributed by atoms with van der Waals surface area (Å²) in [6, 6.07) is 0. The first-order valence-corrected chi connectivity index (χ1v) is 10.2. The lowest BCUT2D eigenvalue weighted by Crippen LogP contribution is -2.08. The molecule has 0 unspecified atom stereocenters. The van der Waals surface area contributed by atoms with Crippen LogP contribution in [0.3, 0.4) is 0 Å². The van der Waals surface area contributed by atoms with E-state index in [0.717, 1.165) is 24.3 Å². The van der Waals surface area contributed by atoms with Gasteiger partial charge in [-0.3, -0.25) is 4.79 Å². The van der Waals surface area contributed by atoms with E-state index < -0.39 is 0 Å². The largest absolute Gasteiger partial charge is 0.486 e. The highest BCUT2D eigenvalue weighted by atomic mass is 32.1. The molecule has 0 fully saturated rings. The van der Waals surface area contributed by atoms with Gasteiger partial charge in [-0.1, -0.05) is 56.8 Å². The summed E-state index contributed by atoms with van der Waals surface area (Å²) < 4.78 is 5.66. The molecule has 0 aliphatic heterocycles. The van der Waals surface area contributed by atoms with Crippen LogP contribution in [0, 0.1) is 6.92 Å².